The van der Waals surface area contributed by atoms with Gasteiger partial charge in [-0.2, -0.15) is 0 Å². The molecule has 1 aliphatic rings. The fourth-order valence-corrected chi connectivity index (χ4v) is 2.48. The first-order chi connectivity index (χ1) is 10.2. The molecular weight excluding hydrogens is 268 g/mol. The molecule has 1 atom stereocenters. The van der Waals surface area contributed by atoms with Gasteiger partial charge in [-0.05, 0) is 18.6 Å². The molecule has 0 spiro atoms. The normalized spacial score (nSPS) is 18.9. The second-order valence-corrected chi connectivity index (χ2v) is 5.15. The summed E-state index contributed by atoms with van der Waals surface area (Å²) in [7, 11) is 1.76. The molecule has 0 radical (unpaired) electrons. The van der Waals surface area contributed by atoms with Gasteiger partial charge in [0.15, 0.2) is 5.96 Å². The highest BCUT2D eigenvalue weighted by atomic mass is 16.3. The van der Waals surface area contributed by atoms with E-state index in [9.17, 15) is 4.79 Å². The van der Waals surface area contributed by atoms with Crippen molar-refractivity contribution in [1.82, 2.24) is 15.5 Å². The fraction of sp³-hybridized carbons (Fsp3) is 0.600. The van der Waals surface area contributed by atoms with E-state index in [1.54, 1.807) is 13.3 Å². The number of nitrogens with one attached hydrogen (secondary N) is 2. The topological polar surface area (TPSA) is 69.9 Å². The van der Waals surface area contributed by atoms with Crippen LogP contribution in [0, 0.1) is 0 Å². The average molecular weight is 292 g/mol. The van der Waals surface area contributed by atoms with Crippen molar-refractivity contribution in [2.45, 2.75) is 32.2 Å². The third-order valence-corrected chi connectivity index (χ3v) is 3.65. The van der Waals surface area contributed by atoms with E-state index in [2.05, 4.69) is 15.6 Å². The molecule has 1 fully saturated rings. The molecule has 1 saturated heterocycles. The predicted octanol–water partition coefficient (Wildman–Crippen LogP) is 0.998. The Morgan fingerprint density at radius 2 is 2.43 bits per heavy atom. The van der Waals surface area contributed by atoms with Crippen molar-refractivity contribution in [1.29, 1.82) is 0 Å². The van der Waals surface area contributed by atoms with Crippen molar-refractivity contribution in [3.05, 3.63) is 24.2 Å². The second kappa shape index (κ2) is 7.71. The molecular formula is C15H24N4O2. The van der Waals surface area contributed by atoms with Crippen LogP contribution in [0.15, 0.2) is 27.8 Å². The van der Waals surface area contributed by atoms with Crippen LogP contribution in [0.2, 0.25) is 0 Å². The number of furan rings is 1. The van der Waals surface area contributed by atoms with Gasteiger partial charge in [-0.3, -0.25) is 9.79 Å². The van der Waals surface area contributed by atoms with E-state index in [0.29, 0.717) is 6.42 Å². The molecule has 0 aliphatic carbocycles. The number of rotatable bonds is 5. The Bertz CT molecular complexity index is 470. The van der Waals surface area contributed by atoms with Crippen LogP contribution in [0.5, 0.6) is 0 Å². The van der Waals surface area contributed by atoms with Crippen molar-refractivity contribution in [2.24, 2.45) is 4.99 Å². The van der Waals surface area contributed by atoms with Crippen LogP contribution < -0.4 is 10.6 Å². The summed E-state index contributed by atoms with van der Waals surface area (Å²) >= 11 is 0. The highest BCUT2D eigenvalue weighted by Gasteiger charge is 2.25. The smallest absolute Gasteiger partial charge is 0.222 e. The maximum absolute atomic E-state index is 11.7. The standard InChI is InChI=1S/C15H24N4O2/c1-3-14(20)19-9-7-12(11-19)18-15(16-2)17-8-6-13-5-4-10-21-13/h4-5,10,12H,3,6-9,11H2,1-2H3,(H2,16,17,18). The van der Waals surface area contributed by atoms with Crippen LogP contribution in [0.1, 0.15) is 25.5 Å². The maximum atomic E-state index is 11.7. The molecule has 1 amide bonds. The van der Waals surface area contributed by atoms with Crippen LogP contribution in [0.25, 0.3) is 0 Å². The summed E-state index contributed by atoms with van der Waals surface area (Å²) in [6.45, 7) is 4.25. The van der Waals surface area contributed by atoms with E-state index in [1.807, 2.05) is 24.0 Å². The Morgan fingerprint density at radius 3 is 3.10 bits per heavy atom. The predicted molar refractivity (Wildman–Crippen MR) is 82.2 cm³/mol. The van der Waals surface area contributed by atoms with Gasteiger partial charge in [0.05, 0.1) is 6.26 Å². The van der Waals surface area contributed by atoms with Crippen molar-refractivity contribution in [3.8, 4) is 0 Å². The summed E-state index contributed by atoms with van der Waals surface area (Å²) in [5.74, 6) is 1.95. The molecule has 0 aromatic carbocycles. The average Bonchev–Trinajstić information content (AvgIpc) is 3.16. The molecule has 2 rings (SSSR count). The van der Waals surface area contributed by atoms with Crippen LogP contribution in [-0.2, 0) is 11.2 Å². The lowest BCUT2D eigenvalue weighted by Crippen LogP contribution is -2.45. The largest absolute Gasteiger partial charge is 0.469 e. The number of guanidine groups is 1. The highest BCUT2D eigenvalue weighted by Crippen LogP contribution is 2.10. The van der Waals surface area contributed by atoms with Gasteiger partial charge in [-0.1, -0.05) is 6.92 Å². The SMILES string of the molecule is CCC(=O)N1CCC(NC(=NC)NCCc2ccco2)C1. The fourth-order valence-electron chi connectivity index (χ4n) is 2.48. The summed E-state index contributed by atoms with van der Waals surface area (Å²) in [5.41, 5.74) is 0. The van der Waals surface area contributed by atoms with E-state index in [4.69, 9.17) is 4.42 Å². The first-order valence-corrected chi connectivity index (χ1v) is 7.50. The first-order valence-electron chi connectivity index (χ1n) is 7.50. The number of hydrogen-bond acceptors (Lipinski definition) is 3. The number of carbonyl (C=O) groups excluding carboxylic acids is 1. The Hall–Kier alpha value is -1.98. The number of likely N-dealkylation sites (tertiary alicyclic amines) is 1. The van der Waals surface area contributed by atoms with Gasteiger partial charge >= 0.3 is 0 Å². The van der Waals surface area contributed by atoms with E-state index < -0.39 is 0 Å². The maximum Gasteiger partial charge on any atom is 0.222 e. The van der Waals surface area contributed by atoms with Crippen LogP contribution in [0.3, 0.4) is 0 Å². The number of nitrogens with zero attached hydrogens (tertiary/aromatic N) is 2. The Balaban J connectivity index is 1.72. The first kappa shape index (κ1) is 15.4. The molecule has 0 saturated carbocycles. The Morgan fingerprint density at radius 1 is 1.57 bits per heavy atom. The monoisotopic (exact) mass is 292 g/mol. The van der Waals surface area contributed by atoms with Gasteiger partial charge in [0.1, 0.15) is 5.76 Å². The zero-order valence-electron chi connectivity index (χ0n) is 12.8. The van der Waals surface area contributed by atoms with Crippen molar-refractivity contribution < 1.29 is 9.21 Å². The molecule has 1 aromatic heterocycles. The minimum atomic E-state index is 0.222. The zero-order chi connectivity index (χ0) is 15.1. The lowest BCUT2D eigenvalue weighted by Gasteiger charge is -2.18. The van der Waals surface area contributed by atoms with Gasteiger partial charge in [0.25, 0.3) is 0 Å². The van der Waals surface area contributed by atoms with E-state index >= 15 is 0 Å². The summed E-state index contributed by atoms with van der Waals surface area (Å²) < 4.78 is 5.29. The molecule has 2 N–H and O–H groups in total. The van der Waals surface area contributed by atoms with Crippen LogP contribution in [0.4, 0.5) is 0 Å². The molecule has 0 bridgehead atoms. The highest BCUT2D eigenvalue weighted by molar-refractivity contribution is 5.80. The summed E-state index contributed by atoms with van der Waals surface area (Å²) in [6.07, 6.45) is 4.03. The molecule has 6 nitrogen and oxygen atoms in total. The third-order valence-electron chi connectivity index (χ3n) is 3.65. The lowest BCUT2D eigenvalue weighted by atomic mass is 10.3. The lowest BCUT2D eigenvalue weighted by molar-refractivity contribution is -0.129. The van der Waals surface area contributed by atoms with Gasteiger partial charge in [0, 0.05) is 45.6 Å². The Kier molecular flexibility index (Phi) is 5.66. The Labute approximate surface area is 125 Å². The third kappa shape index (κ3) is 4.51. The van der Waals surface area contributed by atoms with Gasteiger partial charge in [0.2, 0.25) is 5.91 Å². The molecule has 1 aliphatic heterocycles. The molecule has 6 heteroatoms. The molecule has 1 aromatic rings. The number of amides is 1. The number of carbonyl (C=O) groups is 1. The summed E-state index contributed by atoms with van der Waals surface area (Å²) in [6, 6.07) is 4.12. The molecule has 2 heterocycles. The number of hydrogen-bond donors (Lipinski definition) is 2. The summed E-state index contributed by atoms with van der Waals surface area (Å²) in [4.78, 5) is 17.8. The van der Waals surface area contributed by atoms with Gasteiger partial charge in [-0.25, -0.2) is 0 Å². The van der Waals surface area contributed by atoms with Crippen molar-refractivity contribution >= 4 is 11.9 Å². The van der Waals surface area contributed by atoms with Gasteiger partial charge in [-0.15, -0.1) is 0 Å². The van der Waals surface area contributed by atoms with Crippen LogP contribution in [-0.4, -0.2) is 49.5 Å². The van der Waals surface area contributed by atoms with Gasteiger partial charge < -0.3 is 20.0 Å². The van der Waals surface area contributed by atoms with E-state index in [0.717, 1.165) is 44.2 Å². The summed E-state index contributed by atoms with van der Waals surface area (Å²) in [5, 5.41) is 6.64. The molecule has 1 unspecified atom stereocenters. The van der Waals surface area contributed by atoms with E-state index in [1.165, 1.54) is 0 Å². The van der Waals surface area contributed by atoms with E-state index in [-0.39, 0.29) is 11.9 Å². The van der Waals surface area contributed by atoms with Crippen molar-refractivity contribution in [2.75, 3.05) is 26.7 Å². The zero-order valence-corrected chi connectivity index (χ0v) is 12.8. The minimum absolute atomic E-state index is 0.222. The minimum Gasteiger partial charge on any atom is -0.469 e. The second-order valence-electron chi connectivity index (χ2n) is 5.15. The number of aliphatic imine (C=N–C) groups is 1. The van der Waals surface area contributed by atoms with Crippen molar-refractivity contribution in [3.63, 3.8) is 0 Å². The molecule has 116 valence electrons. The quantitative estimate of drug-likeness (QED) is 0.627. The molecule has 21 heavy (non-hydrogen) atoms. The van der Waals surface area contributed by atoms with Crippen LogP contribution >= 0.6 is 0 Å².